The molecule has 0 aliphatic carbocycles. The zero-order valence-corrected chi connectivity index (χ0v) is 13.2. The molecule has 3 aromatic rings. The molecule has 2 aromatic carbocycles. The lowest BCUT2D eigenvalue weighted by Gasteiger charge is -2.26. The van der Waals surface area contributed by atoms with Gasteiger partial charge >= 0.3 is 0 Å². The van der Waals surface area contributed by atoms with E-state index >= 15 is 0 Å². The number of fused-ring (bicyclic) bond motifs is 1. The van der Waals surface area contributed by atoms with Gasteiger partial charge in [0, 0.05) is 16.6 Å². The number of hydrogen-bond donors (Lipinski definition) is 3. The summed E-state index contributed by atoms with van der Waals surface area (Å²) in [4.78, 5) is 4.66. The molecule has 0 atom stereocenters. The second-order valence-electron chi connectivity index (χ2n) is 6.26. The van der Waals surface area contributed by atoms with Gasteiger partial charge in [0.1, 0.15) is 5.75 Å². The van der Waals surface area contributed by atoms with Crippen LogP contribution >= 0.6 is 0 Å². The third-order valence-corrected chi connectivity index (χ3v) is 3.76. The van der Waals surface area contributed by atoms with E-state index in [4.69, 9.17) is 0 Å². The van der Waals surface area contributed by atoms with Crippen molar-refractivity contribution in [1.29, 1.82) is 0 Å². The van der Waals surface area contributed by atoms with E-state index in [2.05, 4.69) is 10.3 Å². The first-order valence-electron chi connectivity index (χ1n) is 7.57. The van der Waals surface area contributed by atoms with Crippen LogP contribution in [0.3, 0.4) is 0 Å². The Kier molecular flexibility index (Phi) is 3.92. The lowest BCUT2D eigenvalue weighted by atomic mass is 10.0. The number of aliphatic hydroxyl groups excluding tert-OH is 1. The van der Waals surface area contributed by atoms with Crippen LogP contribution in [0.4, 0.5) is 5.69 Å². The summed E-state index contributed by atoms with van der Waals surface area (Å²) in [6.07, 6.45) is 0. The Bertz CT molecular complexity index is 844. The number of benzene rings is 2. The van der Waals surface area contributed by atoms with Gasteiger partial charge in [-0.3, -0.25) is 0 Å². The molecule has 4 heteroatoms. The molecular formula is C19H20N2O2. The van der Waals surface area contributed by atoms with Crippen LogP contribution in [-0.4, -0.2) is 27.3 Å². The maximum absolute atomic E-state index is 10.1. The number of para-hydroxylation sites is 2. The zero-order chi connectivity index (χ0) is 16.4. The Labute approximate surface area is 135 Å². The first-order valence-corrected chi connectivity index (χ1v) is 7.57. The number of hydrogen-bond acceptors (Lipinski definition) is 4. The second-order valence-corrected chi connectivity index (χ2v) is 6.26. The molecule has 0 saturated carbocycles. The Hall–Kier alpha value is -2.59. The van der Waals surface area contributed by atoms with E-state index in [1.807, 2.05) is 56.3 Å². The largest absolute Gasteiger partial charge is 0.507 e. The molecule has 3 N–H and O–H groups in total. The molecule has 0 aliphatic heterocycles. The Morgan fingerprint density at radius 3 is 2.48 bits per heavy atom. The second kappa shape index (κ2) is 5.89. The van der Waals surface area contributed by atoms with E-state index in [9.17, 15) is 10.2 Å². The van der Waals surface area contributed by atoms with Gasteiger partial charge in [-0.05, 0) is 38.1 Å². The molecule has 0 fully saturated rings. The van der Waals surface area contributed by atoms with Gasteiger partial charge in [-0.2, -0.15) is 0 Å². The molecule has 1 heterocycles. The maximum Gasteiger partial charge on any atom is 0.124 e. The van der Waals surface area contributed by atoms with Crippen LogP contribution in [0.15, 0.2) is 54.6 Å². The summed E-state index contributed by atoms with van der Waals surface area (Å²) in [6, 6.07) is 16.9. The van der Waals surface area contributed by atoms with E-state index < -0.39 is 5.54 Å². The van der Waals surface area contributed by atoms with Crippen molar-refractivity contribution in [3.63, 3.8) is 0 Å². The number of aliphatic hydroxyl groups is 1. The van der Waals surface area contributed by atoms with Crippen molar-refractivity contribution in [2.24, 2.45) is 0 Å². The molecule has 0 unspecified atom stereocenters. The molecule has 0 saturated heterocycles. The smallest absolute Gasteiger partial charge is 0.124 e. The topological polar surface area (TPSA) is 65.4 Å². The molecule has 0 aliphatic rings. The van der Waals surface area contributed by atoms with Gasteiger partial charge in [-0.15, -0.1) is 0 Å². The summed E-state index contributed by atoms with van der Waals surface area (Å²) < 4.78 is 0. The Balaban J connectivity index is 2.20. The van der Waals surface area contributed by atoms with Crippen molar-refractivity contribution in [2.45, 2.75) is 19.4 Å². The van der Waals surface area contributed by atoms with E-state index in [0.29, 0.717) is 11.3 Å². The average molecular weight is 308 g/mol. The van der Waals surface area contributed by atoms with E-state index in [0.717, 1.165) is 16.6 Å². The first-order chi connectivity index (χ1) is 11.0. The summed E-state index contributed by atoms with van der Waals surface area (Å²) in [7, 11) is 0. The number of nitrogens with one attached hydrogen (secondary N) is 1. The highest BCUT2D eigenvalue weighted by Gasteiger charge is 2.18. The van der Waals surface area contributed by atoms with Gasteiger partial charge in [-0.1, -0.05) is 30.3 Å². The van der Waals surface area contributed by atoms with Crippen LogP contribution in [0.1, 0.15) is 13.8 Å². The highest BCUT2D eigenvalue weighted by Crippen LogP contribution is 2.33. The van der Waals surface area contributed by atoms with Crippen LogP contribution < -0.4 is 5.32 Å². The highest BCUT2D eigenvalue weighted by molar-refractivity contribution is 5.94. The van der Waals surface area contributed by atoms with Crippen LogP contribution in [0.25, 0.3) is 22.2 Å². The average Bonchev–Trinajstić information content (AvgIpc) is 2.55. The number of rotatable bonds is 4. The molecule has 23 heavy (non-hydrogen) atoms. The molecule has 1 aromatic heterocycles. The number of pyridine rings is 1. The molecule has 4 nitrogen and oxygen atoms in total. The zero-order valence-electron chi connectivity index (χ0n) is 13.2. The third kappa shape index (κ3) is 3.12. The SMILES string of the molecule is CC(C)(CO)Nc1cc(-c2ccccc2O)nc2ccccc12. The van der Waals surface area contributed by atoms with E-state index in [1.165, 1.54) is 0 Å². The molecule has 0 radical (unpaired) electrons. The number of aromatic nitrogens is 1. The number of phenols is 1. The number of phenolic OH excluding ortho intramolecular Hbond substituents is 1. The fraction of sp³-hybridized carbons (Fsp3) is 0.211. The summed E-state index contributed by atoms with van der Waals surface area (Å²) >= 11 is 0. The predicted molar refractivity (Wildman–Crippen MR) is 93.6 cm³/mol. The fourth-order valence-electron chi connectivity index (χ4n) is 2.51. The van der Waals surface area contributed by atoms with Crippen molar-refractivity contribution in [3.05, 3.63) is 54.6 Å². The monoisotopic (exact) mass is 308 g/mol. The predicted octanol–water partition coefficient (Wildman–Crippen LogP) is 3.79. The van der Waals surface area contributed by atoms with Crippen molar-refractivity contribution in [1.82, 2.24) is 4.98 Å². The molecule has 0 spiro atoms. The minimum absolute atomic E-state index is 0.00949. The van der Waals surface area contributed by atoms with Gasteiger partial charge in [0.2, 0.25) is 0 Å². The van der Waals surface area contributed by atoms with Crippen LogP contribution in [0.5, 0.6) is 5.75 Å². The summed E-state index contributed by atoms with van der Waals surface area (Å²) in [5.41, 5.74) is 2.64. The van der Waals surface area contributed by atoms with Gasteiger partial charge in [0.25, 0.3) is 0 Å². The third-order valence-electron chi connectivity index (χ3n) is 3.76. The van der Waals surface area contributed by atoms with Crippen molar-refractivity contribution < 1.29 is 10.2 Å². The standard InChI is InChI=1S/C19H20N2O2/c1-19(2,12-22)21-17-11-16(14-8-4-6-10-18(14)23)20-15-9-5-3-7-13(15)17/h3-11,22-23H,12H2,1-2H3,(H,20,21). The molecule has 0 amide bonds. The van der Waals surface area contributed by atoms with Gasteiger partial charge in [0.15, 0.2) is 0 Å². The summed E-state index contributed by atoms with van der Waals surface area (Å²) in [5, 5.41) is 24.0. The number of aromatic hydroxyl groups is 1. The maximum atomic E-state index is 10.1. The normalized spacial score (nSPS) is 11.6. The van der Waals surface area contributed by atoms with Gasteiger partial charge < -0.3 is 15.5 Å². The van der Waals surface area contributed by atoms with Crippen LogP contribution in [0, 0.1) is 0 Å². The summed E-state index contributed by atoms with van der Waals surface area (Å²) in [6.45, 7) is 3.87. The quantitative estimate of drug-likeness (QED) is 0.686. The minimum atomic E-state index is -0.458. The van der Waals surface area contributed by atoms with Gasteiger partial charge in [-0.25, -0.2) is 4.98 Å². The van der Waals surface area contributed by atoms with E-state index in [1.54, 1.807) is 12.1 Å². The highest BCUT2D eigenvalue weighted by atomic mass is 16.3. The minimum Gasteiger partial charge on any atom is -0.507 e. The van der Waals surface area contributed by atoms with Crippen molar-refractivity contribution in [3.8, 4) is 17.0 Å². The summed E-state index contributed by atoms with van der Waals surface area (Å²) in [5.74, 6) is 0.197. The molecule has 0 bridgehead atoms. The van der Waals surface area contributed by atoms with Crippen molar-refractivity contribution >= 4 is 16.6 Å². The fourth-order valence-corrected chi connectivity index (χ4v) is 2.51. The molecule has 3 rings (SSSR count). The van der Waals surface area contributed by atoms with Crippen LogP contribution in [0.2, 0.25) is 0 Å². The van der Waals surface area contributed by atoms with Gasteiger partial charge in [0.05, 0.1) is 23.4 Å². The molecular weight excluding hydrogens is 288 g/mol. The van der Waals surface area contributed by atoms with E-state index in [-0.39, 0.29) is 12.4 Å². The van der Waals surface area contributed by atoms with Crippen LogP contribution in [-0.2, 0) is 0 Å². The number of nitrogens with zero attached hydrogens (tertiary/aromatic N) is 1. The lowest BCUT2D eigenvalue weighted by molar-refractivity contribution is 0.234. The lowest BCUT2D eigenvalue weighted by Crippen LogP contribution is -2.35. The number of anilines is 1. The first kappa shape index (κ1) is 15.3. The Morgan fingerprint density at radius 1 is 1.04 bits per heavy atom. The van der Waals surface area contributed by atoms with Crippen molar-refractivity contribution in [2.75, 3.05) is 11.9 Å². The Morgan fingerprint density at radius 2 is 1.74 bits per heavy atom. The molecule has 118 valence electrons.